The molecule has 0 saturated carbocycles. The van der Waals surface area contributed by atoms with Crippen LogP contribution in [0, 0.1) is 0 Å². The quantitative estimate of drug-likeness (QED) is 0.876. The zero-order chi connectivity index (χ0) is 18.6. The Morgan fingerprint density at radius 2 is 1.89 bits per heavy atom. The van der Waals surface area contributed by atoms with Crippen molar-refractivity contribution in [1.29, 1.82) is 0 Å². The van der Waals surface area contributed by atoms with Crippen LogP contribution in [0.15, 0.2) is 30.6 Å². The van der Waals surface area contributed by atoms with Gasteiger partial charge in [0, 0.05) is 42.2 Å². The highest BCUT2D eigenvalue weighted by atomic mass is 16.5. The lowest BCUT2D eigenvalue weighted by Crippen LogP contribution is -2.27. The van der Waals surface area contributed by atoms with Crippen LogP contribution in [0.4, 0.5) is 5.82 Å². The first-order chi connectivity index (χ1) is 13.3. The number of rotatable bonds is 5. The van der Waals surface area contributed by atoms with Gasteiger partial charge in [-0.3, -0.25) is 0 Å². The van der Waals surface area contributed by atoms with Gasteiger partial charge in [0.05, 0.1) is 14.2 Å². The number of nitrogens with zero attached hydrogens (tertiary/aromatic N) is 3. The Morgan fingerprint density at radius 3 is 2.67 bits per heavy atom. The van der Waals surface area contributed by atoms with Gasteiger partial charge in [-0.15, -0.1) is 0 Å². The van der Waals surface area contributed by atoms with Crippen molar-refractivity contribution in [2.45, 2.75) is 31.1 Å². The fourth-order valence-electron chi connectivity index (χ4n) is 4.33. The second-order valence-electron chi connectivity index (χ2n) is 7.34. The van der Waals surface area contributed by atoms with Crippen LogP contribution in [-0.4, -0.2) is 50.4 Å². The normalized spacial score (nSPS) is 20.7. The second kappa shape index (κ2) is 8.13. The van der Waals surface area contributed by atoms with Gasteiger partial charge in [0.25, 0.3) is 0 Å². The Balaban J connectivity index is 1.52. The maximum Gasteiger partial charge on any atom is 0.164 e. The number of benzene rings is 1. The summed E-state index contributed by atoms with van der Waals surface area (Å²) in [6.45, 7) is 4.08. The molecule has 0 aliphatic carbocycles. The fourth-order valence-corrected chi connectivity index (χ4v) is 4.33. The van der Waals surface area contributed by atoms with Crippen molar-refractivity contribution < 1.29 is 9.47 Å². The third kappa shape index (κ3) is 3.72. The van der Waals surface area contributed by atoms with Crippen molar-refractivity contribution in [2.75, 3.05) is 45.3 Å². The van der Waals surface area contributed by atoms with E-state index in [1.807, 2.05) is 12.1 Å². The monoisotopic (exact) mass is 368 g/mol. The number of aromatic nitrogens is 2. The number of hydrogen-bond donors (Lipinski definition) is 1. The van der Waals surface area contributed by atoms with E-state index >= 15 is 0 Å². The fraction of sp³-hybridized carbons (Fsp3) is 0.524. The molecule has 2 aliphatic rings. The Hall–Kier alpha value is -2.34. The number of piperidine rings is 1. The SMILES string of the molecule is COc1cccc(C2CCN(c3cc(C4CCNCC4)ncn3)C2)c1OC. The predicted molar refractivity (Wildman–Crippen MR) is 106 cm³/mol. The lowest BCUT2D eigenvalue weighted by atomic mass is 9.94. The molecule has 1 aromatic heterocycles. The minimum atomic E-state index is 0.410. The van der Waals surface area contributed by atoms with E-state index in [2.05, 4.69) is 32.3 Å². The predicted octanol–water partition coefficient (Wildman–Crippen LogP) is 2.95. The average Bonchev–Trinajstić information content (AvgIpc) is 3.24. The summed E-state index contributed by atoms with van der Waals surface area (Å²) in [6, 6.07) is 8.33. The number of para-hydroxylation sites is 1. The standard InChI is InChI=1S/C21H28N4O2/c1-26-19-5-3-4-17(21(19)27-2)16-8-11-25(13-16)20-12-18(23-14-24-20)15-6-9-22-10-7-15/h3-5,12,14-16,22H,6-11,13H2,1-2H3. The maximum absolute atomic E-state index is 5.64. The van der Waals surface area contributed by atoms with Crippen molar-refractivity contribution in [2.24, 2.45) is 0 Å². The summed E-state index contributed by atoms with van der Waals surface area (Å²) >= 11 is 0. The van der Waals surface area contributed by atoms with Gasteiger partial charge < -0.3 is 19.7 Å². The Labute approximate surface area is 160 Å². The molecular weight excluding hydrogens is 340 g/mol. The van der Waals surface area contributed by atoms with Crippen molar-refractivity contribution in [3.63, 3.8) is 0 Å². The summed E-state index contributed by atoms with van der Waals surface area (Å²) in [4.78, 5) is 11.5. The van der Waals surface area contributed by atoms with Crippen LogP contribution in [0.1, 0.15) is 42.4 Å². The molecule has 2 saturated heterocycles. The molecule has 0 radical (unpaired) electrons. The zero-order valence-corrected chi connectivity index (χ0v) is 16.1. The van der Waals surface area contributed by atoms with Crippen molar-refractivity contribution in [3.8, 4) is 11.5 Å². The van der Waals surface area contributed by atoms with Gasteiger partial charge in [0.1, 0.15) is 12.1 Å². The van der Waals surface area contributed by atoms with Gasteiger partial charge in [-0.2, -0.15) is 0 Å². The molecule has 2 aromatic rings. The first-order valence-corrected chi connectivity index (χ1v) is 9.78. The van der Waals surface area contributed by atoms with E-state index in [4.69, 9.17) is 9.47 Å². The third-order valence-corrected chi connectivity index (χ3v) is 5.82. The average molecular weight is 368 g/mol. The highest BCUT2D eigenvalue weighted by Crippen LogP contribution is 2.40. The molecule has 6 nitrogen and oxygen atoms in total. The number of nitrogens with one attached hydrogen (secondary N) is 1. The zero-order valence-electron chi connectivity index (χ0n) is 16.1. The van der Waals surface area contributed by atoms with E-state index in [1.54, 1.807) is 20.5 Å². The van der Waals surface area contributed by atoms with Crippen LogP contribution < -0.4 is 19.7 Å². The van der Waals surface area contributed by atoms with Gasteiger partial charge in [-0.25, -0.2) is 9.97 Å². The topological polar surface area (TPSA) is 59.5 Å². The highest BCUT2D eigenvalue weighted by Gasteiger charge is 2.29. The van der Waals surface area contributed by atoms with Gasteiger partial charge >= 0.3 is 0 Å². The molecule has 1 aromatic carbocycles. The van der Waals surface area contributed by atoms with Crippen LogP contribution in [0.3, 0.4) is 0 Å². The van der Waals surface area contributed by atoms with E-state index in [1.165, 1.54) is 11.3 Å². The molecule has 144 valence electrons. The largest absolute Gasteiger partial charge is 0.493 e. The molecule has 1 atom stereocenters. The van der Waals surface area contributed by atoms with E-state index in [0.29, 0.717) is 11.8 Å². The molecule has 3 heterocycles. The van der Waals surface area contributed by atoms with Crippen LogP contribution >= 0.6 is 0 Å². The first-order valence-electron chi connectivity index (χ1n) is 9.78. The Kier molecular flexibility index (Phi) is 5.43. The van der Waals surface area contributed by atoms with Crippen LogP contribution in [-0.2, 0) is 0 Å². The lowest BCUT2D eigenvalue weighted by Gasteiger charge is -2.24. The van der Waals surface area contributed by atoms with E-state index < -0.39 is 0 Å². The van der Waals surface area contributed by atoms with Gasteiger partial charge in [0.2, 0.25) is 0 Å². The molecule has 2 fully saturated rings. The van der Waals surface area contributed by atoms with Gasteiger partial charge in [-0.1, -0.05) is 12.1 Å². The number of hydrogen-bond acceptors (Lipinski definition) is 6. The number of ether oxygens (including phenoxy) is 2. The molecule has 1 N–H and O–H groups in total. The molecule has 27 heavy (non-hydrogen) atoms. The first kappa shape index (κ1) is 18.0. The van der Waals surface area contributed by atoms with Crippen LogP contribution in [0.25, 0.3) is 0 Å². The van der Waals surface area contributed by atoms with Crippen molar-refractivity contribution in [1.82, 2.24) is 15.3 Å². The van der Waals surface area contributed by atoms with Crippen LogP contribution in [0.5, 0.6) is 11.5 Å². The summed E-state index contributed by atoms with van der Waals surface area (Å²) in [5, 5.41) is 3.42. The summed E-state index contributed by atoms with van der Waals surface area (Å²) < 4.78 is 11.1. The highest BCUT2D eigenvalue weighted by molar-refractivity contribution is 5.51. The minimum absolute atomic E-state index is 0.410. The Bertz CT molecular complexity index is 777. The molecule has 4 rings (SSSR count). The van der Waals surface area contributed by atoms with Gasteiger partial charge in [0.15, 0.2) is 11.5 Å². The van der Waals surface area contributed by atoms with Crippen molar-refractivity contribution in [3.05, 3.63) is 41.9 Å². The smallest absolute Gasteiger partial charge is 0.164 e. The number of methoxy groups -OCH3 is 2. The summed E-state index contributed by atoms with van der Waals surface area (Å²) in [5.74, 6) is 3.65. The third-order valence-electron chi connectivity index (χ3n) is 5.82. The maximum atomic E-state index is 5.64. The van der Waals surface area contributed by atoms with Crippen molar-refractivity contribution >= 4 is 5.82 Å². The molecule has 6 heteroatoms. The van der Waals surface area contributed by atoms with Crippen LogP contribution in [0.2, 0.25) is 0 Å². The van der Waals surface area contributed by atoms with E-state index in [0.717, 1.165) is 62.8 Å². The molecule has 2 aliphatic heterocycles. The minimum Gasteiger partial charge on any atom is -0.493 e. The molecule has 0 spiro atoms. The molecular formula is C21H28N4O2. The summed E-state index contributed by atoms with van der Waals surface area (Å²) in [6.07, 6.45) is 5.11. The Morgan fingerprint density at radius 1 is 1.04 bits per heavy atom. The molecule has 1 unspecified atom stereocenters. The molecule has 0 bridgehead atoms. The summed E-state index contributed by atoms with van der Waals surface area (Å²) in [7, 11) is 3.40. The lowest BCUT2D eigenvalue weighted by molar-refractivity contribution is 0.350. The summed E-state index contributed by atoms with van der Waals surface area (Å²) in [5.41, 5.74) is 2.40. The van der Waals surface area contributed by atoms with E-state index in [9.17, 15) is 0 Å². The molecule has 0 amide bonds. The number of anilines is 1. The second-order valence-corrected chi connectivity index (χ2v) is 7.34. The van der Waals surface area contributed by atoms with E-state index in [-0.39, 0.29) is 0 Å². The van der Waals surface area contributed by atoms with Gasteiger partial charge in [-0.05, 0) is 38.4 Å².